The maximum atomic E-state index is 12.8. The lowest BCUT2D eigenvalue weighted by atomic mass is 10.0. The van der Waals surface area contributed by atoms with Crippen LogP contribution in [0.15, 0.2) is 48.5 Å². The molecule has 1 heterocycles. The van der Waals surface area contributed by atoms with Gasteiger partial charge in [-0.3, -0.25) is 9.69 Å². The predicted octanol–water partition coefficient (Wildman–Crippen LogP) is 4.11. The summed E-state index contributed by atoms with van der Waals surface area (Å²) in [5.41, 5.74) is 2.69. The number of benzene rings is 2. The van der Waals surface area contributed by atoms with Gasteiger partial charge >= 0.3 is 0 Å². The van der Waals surface area contributed by atoms with Gasteiger partial charge in [-0.25, -0.2) is 0 Å². The highest BCUT2D eigenvalue weighted by atomic mass is 16.5. The minimum absolute atomic E-state index is 0.00751. The van der Waals surface area contributed by atoms with Crippen molar-refractivity contribution in [2.45, 2.75) is 44.2 Å². The van der Waals surface area contributed by atoms with Crippen molar-refractivity contribution in [3.05, 3.63) is 54.1 Å². The Bertz CT molecular complexity index is 784. The molecule has 1 saturated carbocycles. The van der Waals surface area contributed by atoms with E-state index in [0.717, 1.165) is 42.4 Å². The van der Waals surface area contributed by atoms with Crippen LogP contribution in [0.1, 0.15) is 42.5 Å². The van der Waals surface area contributed by atoms with Crippen molar-refractivity contribution < 1.29 is 9.53 Å². The zero-order chi connectivity index (χ0) is 18.6. The Labute approximate surface area is 161 Å². The van der Waals surface area contributed by atoms with Gasteiger partial charge < -0.3 is 10.1 Å². The Balaban J connectivity index is 1.46. The fraction of sp³-hybridized carbons (Fsp3) is 0.435. The van der Waals surface area contributed by atoms with Crippen LogP contribution in [0, 0.1) is 0 Å². The molecule has 1 aliphatic heterocycles. The molecule has 0 spiro atoms. The zero-order valence-electron chi connectivity index (χ0n) is 16.0. The van der Waals surface area contributed by atoms with Gasteiger partial charge in [0.15, 0.2) is 0 Å². The Morgan fingerprint density at radius 3 is 2.59 bits per heavy atom. The minimum Gasteiger partial charge on any atom is -0.496 e. The molecule has 1 amide bonds. The van der Waals surface area contributed by atoms with E-state index in [9.17, 15) is 4.79 Å². The number of methoxy groups -OCH3 is 1. The first kappa shape index (κ1) is 18.1. The molecule has 1 atom stereocenters. The van der Waals surface area contributed by atoms with E-state index in [1.165, 1.54) is 25.7 Å². The van der Waals surface area contributed by atoms with Crippen molar-refractivity contribution in [1.29, 1.82) is 0 Å². The van der Waals surface area contributed by atoms with E-state index < -0.39 is 0 Å². The number of amides is 1. The normalized spacial score (nSPS) is 20.7. The molecule has 1 aliphatic carbocycles. The van der Waals surface area contributed by atoms with Crippen LogP contribution >= 0.6 is 0 Å². The summed E-state index contributed by atoms with van der Waals surface area (Å²) < 4.78 is 5.50. The number of rotatable bonds is 5. The Morgan fingerprint density at radius 1 is 1.07 bits per heavy atom. The van der Waals surface area contributed by atoms with Gasteiger partial charge in [0.1, 0.15) is 5.75 Å². The van der Waals surface area contributed by atoms with Crippen molar-refractivity contribution >= 4 is 5.91 Å². The summed E-state index contributed by atoms with van der Waals surface area (Å²) in [5.74, 6) is 0.791. The van der Waals surface area contributed by atoms with Gasteiger partial charge in [0.05, 0.1) is 7.11 Å². The number of hydrogen-bond donors (Lipinski definition) is 1. The lowest BCUT2D eigenvalue weighted by molar-refractivity contribution is 0.0936. The van der Waals surface area contributed by atoms with Crippen molar-refractivity contribution in [1.82, 2.24) is 10.2 Å². The maximum Gasteiger partial charge on any atom is 0.251 e. The maximum absolute atomic E-state index is 12.8. The molecule has 27 heavy (non-hydrogen) atoms. The van der Waals surface area contributed by atoms with Crippen LogP contribution in [-0.4, -0.2) is 43.1 Å². The number of carbonyl (C=O) groups is 1. The third kappa shape index (κ3) is 4.01. The second-order valence-electron chi connectivity index (χ2n) is 7.67. The molecule has 4 rings (SSSR count). The van der Waals surface area contributed by atoms with Crippen molar-refractivity contribution in [3.63, 3.8) is 0 Å². The van der Waals surface area contributed by atoms with E-state index in [1.807, 2.05) is 48.5 Å². The Kier molecular flexibility index (Phi) is 5.44. The number of nitrogens with zero attached hydrogens (tertiary/aromatic N) is 1. The van der Waals surface area contributed by atoms with Gasteiger partial charge in [0, 0.05) is 36.3 Å². The third-order valence-electron chi connectivity index (χ3n) is 5.94. The fourth-order valence-electron chi connectivity index (χ4n) is 4.47. The van der Waals surface area contributed by atoms with E-state index in [1.54, 1.807) is 7.11 Å². The lowest BCUT2D eigenvalue weighted by Crippen LogP contribution is -2.39. The molecule has 2 aromatic rings. The highest BCUT2D eigenvalue weighted by Gasteiger charge is 2.30. The number of nitrogens with one attached hydrogen (secondary N) is 1. The molecule has 1 saturated heterocycles. The van der Waals surface area contributed by atoms with Crippen molar-refractivity contribution in [2.75, 3.05) is 20.2 Å². The molecular weight excluding hydrogens is 336 g/mol. The molecular formula is C23H28N2O2. The average Bonchev–Trinajstić information content (AvgIpc) is 3.40. The highest BCUT2D eigenvalue weighted by molar-refractivity contribution is 5.96. The minimum atomic E-state index is 0.00751. The van der Waals surface area contributed by atoms with Crippen LogP contribution in [0.2, 0.25) is 0 Å². The second-order valence-corrected chi connectivity index (χ2v) is 7.67. The molecule has 0 bridgehead atoms. The molecule has 1 N–H and O–H groups in total. The number of likely N-dealkylation sites (tertiary alicyclic amines) is 1. The zero-order valence-corrected chi connectivity index (χ0v) is 16.0. The number of ether oxygens (including phenoxy) is 1. The van der Waals surface area contributed by atoms with Crippen LogP contribution in [0.4, 0.5) is 0 Å². The van der Waals surface area contributed by atoms with Gasteiger partial charge in [-0.2, -0.15) is 0 Å². The van der Waals surface area contributed by atoms with Crippen molar-refractivity contribution in [3.8, 4) is 16.9 Å². The first-order valence-corrected chi connectivity index (χ1v) is 10.0. The van der Waals surface area contributed by atoms with Gasteiger partial charge in [0.2, 0.25) is 0 Å². The molecule has 2 aromatic carbocycles. The quantitative estimate of drug-likeness (QED) is 0.868. The fourth-order valence-corrected chi connectivity index (χ4v) is 4.47. The molecule has 1 unspecified atom stereocenters. The lowest BCUT2D eigenvalue weighted by Gasteiger charge is -2.23. The predicted molar refractivity (Wildman–Crippen MR) is 108 cm³/mol. The summed E-state index contributed by atoms with van der Waals surface area (Å²) in [5, 5.41) is 3.24. The molecule has 142 valence electrons. The van der Waals surface area contributed by atoms with Gasteiger partial charge in [-0.15, -0.1) is 0 Å². The largest absolute Gasteiger partial charge is 0.496 e. The average molecular weight is 364 g/mol. The molecule has 4 nitrogen and oxygen atoms in total. The van der Waals surface area contributed by atoms with E-state index in [4.69, 9.17) is 4.74 Å². The number of hydrogen-bond acceptors (Lipinski definition) is 3. The summed E-state index contributed by atoms with van der Waals surface area (Å²) in [6.45, 7) is 2.09. The first-order valence-electron chi connectivity index (χ1n) is 10.0. The van der Waals surface area contributed by atoms with Crippen LogP contribution in [-0.2, 0) is 0 Å². The molecule has 0 radical (unpaired) electrons. The van der Waals surface area contributed by atoms with Crippen molar-refractivity contribution in [2.24, 2.45) is 0 Å². The summed E-state index contributed by atoms with van der Waals surface area (Å²) in [6, 6.07) is 16.7. The Hall–Kier alpha value is -2.33. The van der Waals surface area contributed by atoms with Gasteiger partial charge in [0.25, 0.3) is 5.91 Å². The standard InChI is InChI=1S/C23H28N2O2/c1-27-22-12-11-18(15-21(22)17-7-3-2-4-8-17)23(26)24-19-13-14-25(16-19)20-9-5-6-10-20/h2-4,7-8,11-12,15,19-20H,5-6,9-10,13-14,16H2,1H3,(H,24,26). The van der Waals surface area contributed by atoms with Crippen LogP contribution in [0.25, 0.3) is 11.1 Å². The van der Waals surface area contributed by atoms with Crippen LogP contribution in [0.5, 0.6) is 5.75 Å². The monoisotopic (exact) mass is 364 g/mol. The van der Waals surface area contributed by atoms with Crippen LogP contribution in [0.3, 0.4) is 0 Å². The Morgan fingerprint density at radius 2 is 1.85 bits per heavy atom. The second kappa shape index (κ2) is 8.13. The first-order chi connectivity index (χ1) is 13.2. The SMILES string of the molecule is COc1ccc(C(=O)NC2CCN(C3CCCC3)C2)cc1-c1ccccc1. The van der Waals surface area contributed by atoms with Crippen LogP contribution < -0.4 is 10.1 Å². The van der Waals surface area contributed by atoms with E-state index >= 15 is 0 Å². The molecule has 2 aliphatic rings. The smallest absolute Gasteiger partial charge is 0.251 e. The van der Waals surface area contributed by atoms with E-state index in [0.29, 0.717) is 5.56 Å². The van der Waals surface area contributed by atoms with Gasteiger partial charge in [-0.05, 0) is 43.0 Å². The van der Waals surface area contributed by atoms with E-state index in [-0.39, 0.29) is 11.9 Å². The molecule has 0 aromatic heterocycles. The summed E-state index contributed by atoms with van der Waals surface area (Å²) in [4.78, 5) is 15.4. The number of carbonyl (C=O) groups excluding carboxylic acids is 1. The third-order valence-corrected chi connectivity index (χ3v) is 5.94. The summed E-state index contributed by atoms with van der Waals surface area (Å²) in [7, 11) is 1.66. The summed E-state index contributed by atoms with van der Waals surface area (Å²) >= 11 is 0. The summed E-state index contributed by atoms with van der Waals surface area (Å²) in [6.07, 6.45) is 6.39. The molecule has 2 fully saturated rings. The van der Waals surface area contributed by atoms with Gasteiger partial charge in [-0.1, -0.05) is 43.2 Å². The highest BCUT2D eigenvalue weighted by Crippen LogP contribution is 2.31. The molecule has 4 heteroatoms. The topological polar surface area (TPSA) is 41.6 Å². The van der Waals surface area contributed by atoms with E-state index in [2.05, 4.69) is 10.2 Å².